The van der Waals surface area contributed by atoms with E-state index < -0.39 is 0 Å². The number of nitrogens with zero attached hydrogens (tertiary/aromatic N) is 3. The minimum absolute atomic E-state index is 0.0998. The normalized spacial score (nSPS) is 25.1. The monoisotopic (exact) mass is 274 g/mol. The van der Waals surface area contributed by atoms with Crippen LogP contribution >= 0.6 is 0 Å². The fraction of sp³-hybridized carbons (Fsp3) is 1.00. The van der Waals surface area contributed by atoms with Crippen molar-refractivity contribution in [1.29, 1.82) is 0 Å². The average Bonchev–Trinajstić information content (AvgIpc) is 2.39. The molecule has 0 atom stereocenters. The van der Waals surface area contributed by atoms with E-state index in [-0.39, 0.29) is 18.2 Å². The van der Waals surface area contributed by atoms with Gasteiger partial charge in [-0.2, -0.15) is 0 Å². The number of rotatable bonds is 5. The van der Waals surface area contributed by atoms with Gasteiger partial charge in [0.1, 0.15) is 6.10 Å². The highest BCUT2D eigenvalue weighted by Gasteiger charge is 2.31. The highest BCUT2D eigenvalue weighted by atomic mass is 16.8. The highest BCUT2D eigenvalue weighted by molar-refractivity contribution is 4.71. The Morgan fingerprint density at radius 2 is 1.84 bits per heavy atom. The van der Waals surface area contributed by atoms with E-state index in [9.17, 15) is 0 Å². The zero-order valence-electron chi connectivity index (χ0n) is 12.8. The number of hydrazine groups is 1. The number of hydrogen-bond donors (Lipinski definition) is 1. The van der Waals surface area contributed by atoms with E-state index in [0.29, 0.717) is 5.92 Å². The SMILES string of the molecule is CO/[N+](=N\OC1CCC(CO)CC1)N(C)C(C)(C)C. The summed E-state index contributed by atoms with van der Waals surface area (Å²) in [6.07, 6.45) is 3.99. The molecular weight excluding hydrogens is 246 g/mol. The zero-order chi connectivity index (χ0) is 14.5. The third-order valence-electron chi connectivity index (χ3n) is 3.71. The Morgan fingerprint density at radius 3 is 2.26 bits per heavy atom. The summed E-state index contributed by atoms with van der Waals surface area (Å²) in [5.74, 6) is 0.427. The summed E-state index contributed by atoms with van der Waals surface area (Å²) in [4.78, 5) is 12.1. The second-order valence-corrected chi connectivity index (χ2v) is 6.14. The molecule has 1 saturated carbocycles. The largest absolute Gasteiger partial charge is 0.396 e. The first-order valence-corrected chi connectivity index (χ1v) is 6.94. The molecule has 0 unspecified atom stereocenters. The Kier molecular flexibility index (Phi) is 5.85. The van der Waals surface area contributed by atoms with Gasteiger partial charge in [0.25, 0.3) is 10.2 Å². The third-order valence-corrected chi connectivity index (χ3v) is 3.71. The van der Waals surface area contributed by atoms with Crippen LogP contribution in [0.5, 0.6) is 0 Å². The van der Waals surface area contributed by atoms with E-state index in [1.54, 1.807) is 7.11 Å². The van der Waals surface area contributed by atoms with E-state index in [0.717, 1.165) is 25.7 Å². The molecule has 0 bridgehead atoms. The first-order valence-electron chi connectivity index (χ1n) is 6.94. The van der Waals surface area contributed by atoms with Crippen LogP contribution in [0, 0.1) is 5.92 Å². The predicted octanol–water partition coefficient (Wildman–Crippen LogP) is 2.14. The summed E-state index contributed by atoms with van der Waals surface area (Å²) in [5, 5.41) is 15.0. The van der Waals surface area contributed by atoms with Crippen molar-refractivity contribution < 1.29 is 19.8 Å². The van der Waals surface area contributed by atoms with Gasteiger partial charge < -0.3 is 9.94 Å². The van der Waals surface area contributed by atoms with Gasteiger partial charge in [0.05, 0.1) is 12.6 Å². The van der Waals surface area contributed by atoms with Crippen LogP contribution < -0.4 is 0 Å². The third kappa shape index (κ3) is 4.86. The predicted molar refractivity (Wildman–Crippen MR) is 71.1 cm³/mol. The van der Waals surface area contributed by atoms with Crippen molar-refractivity contribution >= 4 is 0 Å². The van der Waals surface area contributed by atoms with Crippen LogP contribution in [0.15, 0.2) is 5.28 Å². The van der Waals surface area contributed by atoms with Gasteiger partial charge in [0, 0.05) is 6.61 Å². The molecule has 19 heavy (non-hydrogen) atoms. The van der Waals surface area contributed by atoms with E-state index in [1.807, 2.05) is 12.1 Å². The van der Waals surface area contributed by atoms with Crippen molar-refractivity contribution in [2.24, 2.45) is 11.2 Å². The van der Waals surface area contributed by atoms with Gasteiger partial charge in [-0.1, -0.05) is 0 Å². The lowest BCUT2D eigenvalue weighted by atomic mass is 9.88. The van der Waals surface area contributed by atoms with Crippen molar-refractivity contribution in [1.82, 2.24) is 5.01 Å². The van der Waals surface area contributed by atoms with Gasteiger partial charge in [-0.25, -0.2) is 4.84 Å². The van der Waals surface area contributed by atoms with Gasteiger partial charge in [-0.3, -0.25) is 0 Å². The van der Waals surface area contributed by atoms with Gasteiger partial charge in [0.15, 0.2) is 7.11 Å². The fourth-order valence-electron chi connectivity index (χ4n) is 1.99. The summed E-state index contributed by atoms with van der Waals surface area (Å²) in [6, 6.07) is 0. The van der Waals surface area contributed by atoms with Crippen molar-refractivity contribution in [3.05, 3.63) is 0 Å². The molecule has 0 aromatic heterocycles. The van der Waals surface area contributed by atoms with E-state index in [2.05, 4.69) is 26.0 Å². The van der Waals surface area contributed by atoms with E-state index >= 15 is 0 Å². The lowest BCUT2D eigenvalue weighted by molar-refractivity contribution is -0.948. The first kappa shape index (κ1) is 16.0. The van der Waals surface area contributed by atoms with Crippen molar-refractivity contribution in [3.8, 4) is 0 Å². The van der Waals surface area contributed by atoms with Crippen molar-refractivity contribution in [3.63, 3.8) is 0 Å². The number of aliphatic hydroxyl groups is 1. The summed E-state index contributed by atoms with van der Waals surface area (Å²) in [5.41, 5.74) is -0.0998. The Balaban J connectivity index is 2.50. The molecule has 112 valence electrons. The van der Waals surface area contributed by atoms with Crippen LogP contribution in [0.2, 0.25) is 0 Å². The maximum atomic E-state index is 9.10. The highest BCUT2D eigenvalue weighted by Crippen LogP contribution is 2.26. The quantitative estimate of drug-likeness (QED) is 0.474. The Morgan fingerprint density at radius 1 is 1.26 bits per heavy atom. The Labute approximate surface area is 115 Å². The molecule has 0 aromatic rings. The van der Waals surface area contributed by atoms with Crippen LogP contribution in [0.1, 0.15) is 46.5 Å². The lowest BCUT2D eigenvalue weighted by Crippen LogP contribution is -2.44. The summed E-state index contributed by atoms with van der Waals surface area (Å²) in [6.45, 7) is 6.49. The summed E-state index contributed by atoms with van der Waals surface area (Å²) >= 11 is 0. The molecule has 1 aliphatic carbocycles. The standard InChI is InChI=1S/C13H28N3O3/c1-13(2,3)15(4)16(18-5)14-19-12-8-6-11(10-17)7-9-12/h11-12,17H,6-10H2,1-5H3/q+1/b16-14-. The number of aliphatic hydroxyl groups excluding tert-OH is 1. The van der Waals surface area contributed by atoms with Crippen LogP contribution in [0.3, 0.4) is 0 Å². The van der Waals surface area contributed by atoms with E-state index in [4.69, 9.17) is 14.8 Å². The molecule has 6 nitrogen and oxygen atoms in total. The van der Waals surface area contributed by atoms with Crippen molar-refractivity contribution in [2.75, 3.05) is 20.8 Å². The number of hydrogen-bond acceptors (Lipinski definition) is 4. The first-order chi connectivity index (χ1) is 8.88. The van der Waals surface area contributed by atoms with Crippen molar-refractivity contribution in [2.45, 2.75) is 58.1 Å². The minimum Gasteiger partial charge on any atom is -0.396 e. The second kappa shape index (κ2) is 6.93. The molecule has 0 aliphatic heterocycles. The van der Waals surface area contributed by atoms with E-state index in [1.165, 1.54) is 4.97 Å². The second-order valence-electron chi connectivity index (χ2n) is 6.14. The molecule has 1 aliphatic rings. The summed E-state index contributed by atoms with van der Waals surface area (Å²) in [7, 11) is 3.47. The molecule has 0 heterocycles. The Hall–Kier alpha value is -1.04. The molecule has 1 N–H and O–H groups in total. The Bertz CT molecular complexity index is 294. The van der Waals surface area contributed by atoms with Crippen LogP contribution in [0.4, 0.5) is 0 Å². The van der Waals surface area contributed by atoms with Crippen LogP contribution in [-0.2, 0) is 9.68 Å². The maximum absolute atomic E-state index is 9.10. The molecule has 1 fully saturated rings. The topological polar surface area (TPSA) is 57.3 Å². The average molecular weight is 274 g/mol. The van der Waals surface area contributed by atoms with Gasteiger partial charge in [-0.05, 0) is 52.4 Å². The maximum Gasteiger partial charge on any atom is 0.274 e. The summed E-state index contributed by atoms with van der Waals surface area (Å²) < 4.78 is 0. The molecule has 0 saturated heterocycles. The van der Waals surface area contributed by atoms with Crippen LogP contribution in [0.25, 0.3) is 0 Å². The molecule has 0 amide bonds. The zero-order valence-corrected chi connectivity index (χ0v) is 12.8. The van der Waals surface area contributed by atoms with Gasteiger partial charge in [0.2, 0.25) is 0 Å². The van der Waals surface area contributed by atoms with Gasteiger partial charge >= 0.3 is 0 Å². The lowest BCUT2D eigenvalue weighted by Gasteiger charge is -2.25. The molecule has 1 rings (SSSR count). The minimum atomic E-state index is -0.0998. The fourth-order valence-corrected chi connectivity index (χ4v) is 1.99. The molecule has 0 aromatic carbocycles. The van der Waals surface area contributed by atoms with Crippen LogP contribution in [-0.4, -0.2) is 47.5 Å². The molecular formula is C13H28N3O3+. The van der Waals surface area contributed by atoms with Gasteiger partial charge in [-0.15, -0.1) is 5.01 Å². The molecule has 0 radical (unpaired) electrons. The molecule has 6 heteroatoms. The smallest absolute Gasteiger partial charge is 0.274 e. The molecule has 0 spiro atoms.